The first kappa shape index (κ1) is 12.3. The van der Waals surface area contributed by atoms with Gasteiger partial charge in [0, 0.05) is 5.92 Å². The molecule has 0 aliphatic heterocycles. The minimum Gasteiger partial charge on any atom is -0.464 e. The Morgan fingerprint density at radius 1 is 1.47 bits per heavy atom. The van der Waals surface area contributed by atoms with Crippen LogP contribution in [0.5, 0.6) is 0 Å². The Morgan fingerprint density at radius 3 is 2.89 bits per heavy atom. The summed E-state index contributed by atoms with van der Waals surface area (Å²) in [5.41, 5.74) is 0.963. The summed E-state index contributed by atoms with van der Waals surface area (Å²) in [4.78, 5) is 16.8. The van der Waals surface area contributed by atoms with E-state index in [2.05, 4.69) is 4.98 Å². The van der Waals surface area contributed by atoms with Crippen LogP contribution in [0.3, 0.4) is 0 Å². The van der Waals surface area contributed by atoms with Gasteiger partial charge in [0.2, 0.25) is 0 Å². The van der Waals surface area contributed by atoms with Crippen molar-refractivity contribution in [1.82, 2.24) is 4.98 Å². The first-order valence-electron chi connectivity index (χ1n) is 6.04. The van der Waals surface area contributed by atoms with Crippen LogP contribution < -0.4 is 0 Å². The fraction of sp³-hybridized carbons (Fsp3) is 0.286. The molecule has 0 radical (unpaired) electrons. The lowest BCUT2D eigenvalue weighted by atomic mass is 10.1. The van der Waals surface area contributed by atoms with E-state index in [4.69, 9.17) is 4.74 Å². The van der Waals surface area contributed by atoms with Crippen LogP contribution in [0.4, 0.5) is 4.39 Å². The largest absolute Gasteiger partial charge is 0.464 e. The summed E-state index contributed by atoms with van der Waals surface area (Å²) in [6, 6.07) is 6.20. The number of aromatic nitrogens is 1. The standard InChI is InChI=1S/C14H12FNO2S/c1-18-14(17)11-12(9-3-2-4-10(15)7-9)19-13(16-11)8-5-6-8/h2-4,7-8H,5-6H2,1H3. The molecule has 3 nitrogen and oxygen atoms in total. The summed E-state index contributed by atoms with van der Waals surface area (Å²) in [7, 11) is 1.33. The molecule has 1 saturated carbocycles. The van der Waals surface area contributed by atoms with Gasteiger partial charge in [-0.3, -0.25) is 0 Å². The summed E-state index contributed by atoms with van der Waals surface area (Å²) < 4.78 is 18.1. The summed E-state index contributed by atoms with van der Waals surface area (Å²) in [5, 5.41) is 0.944. The zero-order chi connectivity index (χ0) is 13.4. The Kier molecular flexibility index (Phi) is 3.06. The lowest BCUT2D eigenvalue weighted by Gasteiger charge is -2.00. The van der Waals surface area contributed by atoms with E-state index in [9.17, 15) is 9.18 Å². The molecular weight excluding hydrogens is 265 g/mol. The maximum Gasteiger partial charge on any atom is 0.358 e. The second kappa shape index (κ2) is 4.74. The quantitative estimate of drug-likeness (QED) is 0.804. The second-order valence-electron chi connectivity index (χ2n) is 4.51. The molecule has 1 aromatic heterocycles. The number of hydrogen-bond donors (Lipinski definition) is 0. The molecule has 2 aromatic rings. The molecule has 19 heavy (non-hydrogen) atoms. The van der Waals surface area contributed by atoms with Crippen LogP contribution in [0.1, 0.15) is 34.3 Å². The second-order valence-corrected chi connectivity index (χ2v) is 5.54. The number of carbonyl (C=O) groups is 1. The van der Waals surface area contributed by atoms with Crippen LogP contribution in [0.2, 0.25) is 0 Å². The number of thiazole rings is 1. The molecule has 0 bridgehead atoms. The highest BCUT2D eigenvalue weighted by atomic mass is 32.1. The van der Waals surface area contributed by atoms with Crippen molar-refractivity contribution in [2.24, 2.45) is 0 Å². The number of nitrogens with zero attached hydrogens (tertiary/aromatic N) is 1. The average Bonchev–Trinajstić information content (AvgIpc) is 3.17. The summed E-state index contributed by atoms with van der Waals surface area (Å²) in [6.07, 6.45) is 2.22. The first-order valence-corrected chi connectivity index (χ1v) is 6.85. The molecule has 98 valence electrons. The van der Waals surface area contributed by atoms with Gasteiger partial charge in [-0.25, -0.2) is 14.2 Å². The predicted octanol–water partition coefficient (Wildman–Crippen LogP) is 3.61. The lowest BCUT2D eigenvalue weighted by Crippen LogP contribution is -2.03. The van der Waals surface area contributed by atoms with Crippen LogP contribution in [0.15, 0.2) is 24.3 Å². The van der Waals surface area contributed by atoms with Crippen LogP contribution >= 0.6 is 11.3 Å². The normalized spacial score (nSPS) is 14.4. The third-order valence-corrected chi connectivity index (χ3v) is 4.30. The number of benzene rings is 1. The number of ether oxygens (including phenoxy) is 1. The highest BCUT2D eigenvalue weighted by molar-refractivity contribution is 7.15. The molecule has 0 unspecified atom stereocenters. The molecule has 0 saturated heterocycles. The fourth-order valence-corrected chi connectivity index (χ4v) is 3.12. The molecule has 1 aliphatic carbocycles. The smallest absolute Gasteiger partial charge is 0.358 e. The summed E-state index contributed by atoms with van der Waals surface area (Å²) >= 11 is 1.46. The van der Waals surface area contributed by atoms with Gasteiger partial charge in [0.05, 0.1) is 17.0 Å². The van der Waals surface area contributed by atoms with E-state index in [1.165, 1.54) is 30.6 Å². The van der Waals surface area contributed by atoms with Crippen molar-refractivity contribution >= 4 is 17.3 Å². The number of methoxy groups -OCH3 is 1. The van der Waals surface area contributed by atoms with Crippen molar-refractivity contribution in [2.45, 2.75) is 18.8 Å². The Balaban J connectivity index is 2.10. The van der Waals surface area contributed by atoms with Crippen LogP contribution in [-0.2, 0) is 4.74 Å². The molecule has 0 spiro atoms. The molecule has 0 amide bonds. The Hall–Kier alpha value is -1.75. The van der Waals surface area contributed by atoms with Crippen molar-refractivity contribution < 1.29 is 13.9 Å². The Bertz CT molecular complexity index is 634. The maximum atomic E-state index is 13.3. The van der Waals surface area contributed by atoms with E-state index >= 15 is 0 Å². The summed E-state index contributed by atoms with van der Waals surface area (Å²) in [6.45, 7) is 0. The van der Waals surface area contributed by atoms with E-state index in [0.717, 1.165) is 17.8 Å². The molecule has 1 fully saturated rings. The predicted molar refractivity (Wildman–Crippen MR) is 70.8 cm³/mol. The molecule has 0 N–H and O–H groups in total. The van der Waals surface area contributed by atoms with Crippen molar-refractivity contribution in [3.8, 4) is 10.4 Å². The molecule has 1 aliphatic rings. The minimum absolute atomic E-state index is 0.292. The number of rotatable bonds is 3. The number of carbonyl (C=O) groups excluding carboxylic acids is 1. The van der Waals surface area contributed by atoms with Gasteiger partial charge in [0.15, 0.2) is 5.69 Å². The zero-order valence-corrected chi connectivity index (χ0v) is 11.2. The van der Waals surface area contributed by atoms with Gasteiger partial charge in [0.25, 0.3) is 0 Å². The van der Waals surface area contributed by atoms with Gasteiger partial charge < -0.3 is 4.74 Å². The van der Waals surface area contributed by atoms with Gasteiger partial charge in [-0.15, -0.1) is 11.3 Å². The van der Waals surface area contributed by atoms with Crippen LogP contribution in [-0.4, -0.2) is 18.1 Å². The Labute approximate surface area is 114 Å². The zero-order valence-electron chi connectivity index (χ0n) is 10.4. The van der Waals surface area contributed by atoms with E-state index in [1.54, 1.807) is 12.1 Å². The van der Waals surface area contributed by atoms with Gasteiger partial charge in [-0.05, 0) is 30.5 Å². The maximum absolute atomic E-state index is 13.3. The molecule has 1 heterocycles. The third-order valence-electron chi connectivity index (χ3n) is 3.04. The SMILES string of the molecule is COC(=O)c1nc(C2CC2)sc1-c1cccc(F)c1. The van der Waals surface area contributed by atoms with Gasteiger partial charge in [-0.1, -0.05) is 12.1 Å². The molecule has 0 atom stereocenters. The van der Waals surface area contributed by atoms with E-state index < -0.39 is 5.97 Å². The van der Waals surface area contributed by atoms with E-state index in [1.807, 2.05) is 0 Å². The van der Waals surface area contributed by atoms with Gasteiger partial charge in [-0.2, -0.15) is 0 Å². The third kappa shape index (κ3) is 2.38. The highest BCUT2D eigenvalue weighted by Crippen LogP contribution is 2.45. The van der Waals surface area contributed by atoms with Gasteiger partial charge in [0.1, 0.15) is 5.82 Å². The van der Waals surface area contributed by atoms with Gasteiger partial charge >= 0.3 is 5.97 Å². The van der Waals surface area contributed by atoms with Crippen LogP contribution in [0.25, 0.3) is 10.4 Å². The number of hydrogen-bond acceptors (Lipinski definition) is 4. The van der Waals surface area contributed by atoms with Crippen molar-refractivity contribution in [3.05, 3.63) is 40.8 Å². The van der Waals surface area contributed by atoms with Crippen molar-refractivity contribution in [1.29, 1.82) is 0 Å². The summed E-state index contributed by atoms with van der Waals surface area (Å²) in [5.74, 6) is -0.340. The van der Waals surface area contributed by atoms with Crippen molar-refractivity contribution in [3.63, 3.8) is 0 Å². The Morgan fingerprint density at radius 2 is 2.26 bits per heavy atom. The minimum atomic E-state index is -0.470. The number of esters is 1. The van der Waals surface area contributed by atoms with E-state index in [-0.39, 0.29) is 5.82 Å². The molecule has 1 aromatic carbocycles. The van der Waals surface area contributed by atoms with E-state index in [0.29, 0.717) is 22.1 Å². The molecule has 3 rings (SSSR count). The topological polar surface area (TPSA) is 39.2 Å². The monoisotopic (exact) mass is 277 g/mol. The molecular formula is C14H12FNO2S. The fourth-order valence-electron chi connectivity index (χ4n) is 1.90. The number of halogens is 1. The average molecular weight is 277 g/mol. The molecule has 5 heteroatoms. The lowest BCUT2D eigenvalue weighted by molar-refractivity contribution is 0.0595. The van der Waals surface area contributed by atoms with Crippen LogP contribution in [0, 0.1) is 5.82 Å². The first-order chi connectivity index (χ1) is 9.19. The highest BCUT2D eigenvalue weighted by Gasteiger charge is 2.30. The van der Waals surface area contributed by atoms with Crippen molar-refractivity contribution in [2.75, 3.05) is 7.11 Å².